The van der Waals surface area contributed by atoms with Crippen molar-refractivity contribution in [2.75, 3.05) is 13.7 Å². The van der Waals surface area contributed by atoms with Crippen LogP contribution in [0.15, 0.2) is 12.1 Å². The fraction of sp³-hybridized carbons (Fsp3) is 0.500. The van der Waals surface area contributed by atoms with Crippen molar-refractivity contribution in [2.24, 2.45) is 0 Å². The van der Waals surface area contributed by atoms with E-state index in [-0.39, 0.29) is 17.9 Å². The topological polar surface area (TPSA) is 49.7 Å². The van der Waals surface area contributed by atoms with Crippen LogP contribution in [0.1, 0.15) is 31.4 Å². The molecule has 3 nitrogen and oxygen atoms in total. The van der Waals surface area contributed by atoms with Gasteiger partial charge in [0.25, 0.3) is 6.43 Å². The average Bonchev–Trinajstić information content (AvgIpc) is 2.28. The van der Waals surface area contributed by atoms with Gasteiger partial charge in [-0.1, -0.05) is 13.8 Å². The first-order valence-electron chi connectivity index (χ1n) is 5.14. The Kier molecular flexibility index (Phi) is 3.93. The number of halogens is 2. The van der Waals surface area contributed by atoms with Crippen LogP contribution in [0.5, 0.6) is 11.5 Å². The lowest BCUT2D eigenvalue weighted by molar-refractivity contribution is 0.145. The fourth-order valence-electron chi connectivity index (χ4n) is 1.51. The van der Waals surface area contributed by atoms with E-state index >= 15 is 0 Å². The van der Waals surface area contributed by atoms with Crippen molar-refractivity contribution in [1.82, 2.24) is 0 Å². The third kappa shape index (κ3) is 2.66. The molecule has 0 saturated heterocycles. The molecule has 0 aromatic heterocycles. The molecule has 0 bridgehead atoms. The Labute approximate surface area is 98.7 Å². The molecule has 1 rings (SSSR count). The van der Waals surface area contributed by atoms with Crippen molar-refractivity contribution >= 4 is 0 Å². The van der Waals surface area contributed by atoms with E-state index in [0.29, 0.717) is 0 Å². The smallest absolute Gasteiger partial charge is 0.267 e. The molecule has 0 heterocycles. The predicted molar refractivity (Wildman–Crippen MR) is 59.7 cm³/mol. The Hall–Kier alpha value is -1.36. The van der Waals surface area contributed by atoms with Crippen LogP contribution in [0.4, 0.5) is 8.78 Å². The van der Waals surface area contributed by atoms with Crippen LogP contribution in [0.25, 0.3) is 0 Å². The van der Waals surface area contributed by atoms with Crippen LogP contribution < -0.4 is 4.74 Å². The summed E-state index contributed by atoms with van der Waals surface area (Å²) in [7, 11) is 1.36. The number of aromatic hydroxyl groups is 1. The van der Waals surface area contributed by atoms with Crippen molar-refractivity contribution in [1.29, 1.82) is 0 Å². The summed E-state index contributed by atoms with van der Waals surface area (Å²) >= 11 is 0. The summed E-state index contributed by atoms with van der Waals surface area (Å²) in [6, 6.07) is 2.55. The molecule has 2 N–H and O–H groups in total. The quantitative estimate of drug-likeness (QED) is 0.858. The highest BCUT2D eigenvalue weighted by Gasteiger charge is 2.28. The maximum absolute atomic E-state index is 12.7. The van der Waals surface area contributed by atoms with E-state index in [0.717, 1.165) is 6.07 Å². The molecule has 0 atom stereocenters. The molecule has 0 radical (unpaired) electrons. The molecule has 0 aliphatic carbocycles. The second kappa shape index (κ2) is 4.87. The molecule has 96 valence electrons. The van der Waals surface area contributed by atoms with Gasteiger partial charge in [0.2, 0.25) is 0 Å². The molecular weight excluding hydrogens is 230 g/mol. The molecule has 5 heteroatoms. The van der Waals surface area contributed by atoms with Gasteiger partial charge in [-0.25, -0.2) is 8.78 Å². The van der Waals surface area contributed by atoms with Gasteiger partial charge < -0.3 is 14.9 Å². The van der Waals surface area contributed by atoms with E-state index in [1.54, 1.807) is 13.8 Å². The second-order valence-electron chi connectivity index (χ2n) is 4.46. The van der Waals surface area contributed by atoms with Gasteiger partial charge in [-0.2, -0.15) is 0 Å². The Morgan fingerprint density at radius 2 is 1.94 bits per heavy atom. The largest absolute Gasteiger partial charge is 0.507 e. The van der Waals surface area contributed by atoms with Crippen molar-refractivity contribution in [3.8, 4) is 11.5 Å². The summed E-state index contributed by atoms with van der Waals surface area (Å²) < 4.78 is 30.4. The Morgan fingerprint density at radius 3 is 2.35 bits per heavy atom. The molecule has 0 amide bonds. The zero-order valence-electron chi connectivity index (χ0n) is 10.00. The van der Waals surface area contributed by atoms with Gasteiger partial charge in [-0.15, -0.1) is 0 Å². The van der Waals surface area contributed by atoms with Gasteiger partial charge in [0, 0.05) is 11.0 Å². The van der Waals surface area contributed by atoms with Crippen molar-refractivity contribution in [3.63, 3.8) is 0 Å². The van der Waals surface area contributed by atoms with Gasteiger partial charge in [0.1, 0.15) is 11.5 Å². The number of phenols is 1. The van der Waals surface area contributed by atoms with Crippen LogP contribution in [0.3, 0.4) is 0 Å². The number of hydrogen-bond acceptors (Lipinski definition) is 3. The summed E-state index contributed by atoms with van der Waals surface area (Å²) in [6.45, 7) is 3.03. The molecule has 0 spiro atoms. The van der Waals surface area contributed by atoms with E-state index in [1.807, 2.05) is 0 Å². The van der Waals surface area contributed by atoms with Crippen LogP contribution in [0, 0.1) is 0 Å². The summed E-state index contributed by atoms with van der Waals surface area (Å²) in [6.07, 6.45) is -2.79. The Morgan fingerprint density at radius 1 is 1.35 bits per heavy atom. The number of aliphatic hydroxyl groups excluding tert-OH is 1. The summed E-state index contributed by atoms with van der Waals surface area (Å²) in [5.41, 5.74) is -1.06. The summed E-state index contributed by atoms with van der Waals surface area (Å²) in [5.74, 6) is -0.255. The molecule has 0 unspecified atom stereocenters. The fourth-order valence-corrected chi connectivity index (χ4v) is 1.51. The summed E-state index contributed by atoms with van der Waals surface area (Å²) in [5, 5.41) is 19.0. The number of methoxy groups -OCH3 is 1. The lowest BCUT2D eigenvalue weighted by Gasteiger charge is -2.25. The van der Waals surface area contributed by atoms with Crippen LogP contribution in [-0.4, -0.2) is 23.9 Å². The van der Waals surface area contributed by atoms with E-state index in [4.69, 9.17) is 4.74 Å². The molecule has 1 aromatic rings. The highest BCUT2D eigenvalue weighted by Crippen LogP contribution is 2.40. The van der Waals surface area contributed by atoms with E-state index in [9.17, 15) is 19.0 Å². The molecule has 17 heavy (non-hydrogen) atoms. The standard InChI is InChI=1S/C12H16F2O3/c1-12(2,6-15)9-5-7(17-3)4-8(10(9)16)11(13)14/h4-5,11,15-16H,6H2,1-3H3. The van der Waals surface area contributed by atoms with Crippen molar-refractivity contribution in [3.05, 3.63) is 23.3 Å². The van der Waals surface area contributed by atoms with Crippen LogP contribution >= 0.6 is 0 Å². The number of hydrogen-bond donors (Lipinski definition) is 2. The zero-order chi connectivity index (χ0) is 13.2. The number of alkyl halides is 2. The van der Waals surface area contributed by atoms with Crippen molar-refractivity contribution < 1.29 is 23.7 Å². The van der Waals surface area contributed by atoms with Gasteiger partial charge in [-0.05, 0) is 12.1 Å². The van der Waals surface area contributed by atoms with Crippen LogP contribution in [0.2, 0.25) is 0 Å². The van der Waals surface area contributed by atoms with Gasteiger partial charge in [0.05, 0.1) is 19.3 Å². The number of phenolic OH excluding ortho intramolecular Hbond substituents is 1. The molecule has 0 aliphatic heterocycles. The Bertz CT molecular complexity index is 403. The number of rotatable bonds is 4. The van der Waals surface area contributed by atoms with Crippen LogP contribution in [-0.2, 0) is 5.41 Å². The van der Waals surface area contributed by atoms with Crippen molar-refractivity contribution in [2.45, 2.75) is 25.7 Å². The maximum Gasteiger partial charge on any atom is 0.267 e. The molecule has 0 fully saturated rings. The third-order valence-electron chi connectivity index (χ3n) is 2.71. The predicted octanol–water partition coefficient (Wildman–Crippen LogP) is 2.61. The molecule has 0 saturated carbocycles. The van der Waals surface area contributed by atoms with Gasteiger partial charge in [0.15, 0.2) is 0 Å². The monoisotopic (exact) mass is 246 g/mol. The number of aliphatic hydroxyl groups is 1. The van der Waals surface area contributed by atoms with Gasteiger partial charge in [-0.3, -0.25) is 0 Å². The van der Waals surface area contributed by atoms with E-state index in [1.165, 1.54) is 13.2 Å². The van der Waals surface area contributed by atoms with Gasteiger partial charge >= 0.3 is 0 Å². The first kappa shape index (κ1) is 13.7. The third-order valence-corrected chi connectivity index (χ3v) is 2.71. The minimum Gasteiger partial charge on any atom is -0.507 e. The minimum atomic E-state index is -2.79. The highest BCUT2D eigenvalue weighted by molar-refractivity contribution is 5.50. The first-order chi connectivity index (χ1) is 7.83. The Balaban J connectivity index is 3.44. The van der Waals surface area contributed by atoms with E-state index in [2.05, 4.69) is 0 Å². The minimum absolute atomic E-state index is 0.231. The zero-order valence-corrected chi connectivity index (χ0v) is 10.00. The van der Waals surface area contributed by atoms with E-state index < -0.39 is 23.2 Å². The molecule has 0 aliphatic rings. The SMILES string of the molecule is COc1cc(C(F)F)c(O)c(C(C)(C)CO)c1. The highest BCUT2D eigenvalue weighted by atomic mass is 19.3. The molecular formula is C12H16F2O3. The summed E-state index contributed by atoms with van der Waals surface area (Å²) in [4.78, 5) is 0. The lowest BCUT2D eigenvalue weighted by Crippen LogP contribution is -2.22. The number of benzene rings is 1. The molecule has 1 aromatic carbocycles. The first-order valence-corrected chi connectivity index (χ1v) is 5.14. The second-order valence-corrected chi connectivity index (χ2v) is 4.46. The normalized spacial score (nSPS) is 11.9. The average molecular weight is 246 g/mol. The lowest BCUT2D eigenvalue weighted by atomic mass is 9.83. The number of ether oxygens (including phenoxy) is 1. The maximum atomic E-state index is 12.7.